The van der Waals surface area contributed by atoms with Crippen molar-refractivity contribution in [3.05, 3.63) is 60.2 Å². The summed E-state index contributed by atoms with van der Waals surface area (Å²) in [7, 11) is 1.62. The van der Waals surface area contributed by atoms with Crippen LogP contribution in [0.15, 0.2) is 53.1 Å². The van der Waals surface area contributed by atoms with Crippen molar-refractivity contribution in [1.29, 1.82) is 0 Å². The number of pyridine rings is 1. The summed E-state index contributed by atoms with van der Waals surface area (Å²) in [5, 5.41) is 11.3. The van der Waals surface area contributed by atoms with Gasteiger partial charge in [0.05, 0.1) is 24.9 Å². The number of ether oxygens (including phenoxy) is 1. The quantitative estimate of drug-likeness (QED) is 0.753. The van der Waals surface area contributed by atoms with Gasteiger partial charge in [-0.15, -0.1) is 10.2 Å². The van der Waals surface area contributed by atoms with Crippen LogP contribution >= 0.6 is 0 Å². The summed E-state index contributed by atoms with van der Waals surface area (Å²) >= 11 is 0. The van der Waals surface area contributed by atoms with E-state index < -0.39 is 0 Å². The smallest absolute Gasteiger partial charge is 0.251 e. The van der Waals surface area contributed by atoms with Crippen LogP contribution in [0, 0.1) is 0 Å². The van der Waals surface area contributed by atoms with Crippen molar-refractivity contribution in [1.82, 2.24) is 20.5 Å². The molecule has 6 nitrogen and oxygen atoms in total. The highest BCUT2D eigenvalue weighted by Crippen LogP contribution is 2.28. The maximum Gasteiger partial charge on any atom is 0.251 e. The average Bonchev–Trinajstić information content (AvgIpc) is 3.04. The van der Waals surface area contributed by atoms with Gasteiger partial charge in [-0.2, -0.15) is 0 Å². The van der Waals surface area contributed by atoms with Gasteiger partial charge in [-0.05, 0) is 24.3 Å². The molecule has 2 heterocycles. The van der Waals surface area contributed by atoms with Gasteiger partial charge in [0, 0.05) is 12.7 Å². The third kappa shape index (κ3) is 3.29. The van der Waals surface area contributed by atoms with E-state index in [1.807, 2.05) is 42.5 Å². The Kier molecular flexibility index (Phi) is 4.41. The second-order valence-corrected chi connectivity index (χ2v) is 4.63. The van der Waals surface area contributed by atoms with Crippen LogP contribution in [0.1, 0.15) is 11.6 Å². The maximum atomic E-state index is 5.67. The third-order valence-electron chi connectivity index (χ3n) is 3.11. The Morgan fingerprint density at radius 1 is 1.05 bits per heavy atom. The summed E-state index contributed by atoms with van der Waals surface area (Å²) in [5.74, 6) is 1.68. The van der Waals surface area contributed by atoms with Crippen molar-refractivity contribution in [3.8, 4) is 17.2 Å². The summed E-state index contributed by atoms with van der Waals surface area (Å²) in [6, 6.07) is 13.4. The molecule has 1 aromatic carbocycles. The van der Waals surface area contributed by atoms with Gasteiger partial charge in [0.2, 0.25) is 5.89 Å². The molecule has 1 N–H and O–H groups in total. The summed E-state index contributed by atoms with van der Waals surface area (Å²) in [4.78, 5) is 4.24. The highest BCUT2D eigenvalue weighted by molar-refractivity contribution is 5.62. The monoisotopic (exact) mass is 296 g/mol. The first-order valence-electron chi connectivity index (χ1n) is 6.93. The fraction of sp³-hybridized carbons (Fsp3) is 0.188. The number of rotatable bonds is 6. The molecule has 0 aliphatic carbocycles. The normalized spacial score (nSPS) is 10.6. The van der Waals surface area contributed by atoms with Crippen LogP contribution in [0.2, 0.25) is 0 Å². The fourth-order valence-electron chi connectivity index (χ4n) is 2.06. The number of aromatic nitrogens is 3. The number of nitrogens with one attached hydrogen (secondary N) is 1. The largest absolute Gasteiger partial charge is 0.496 e. The molecule has 2 aromatic heterocycles. The molecule has 0 amide bonds. The first-order chi connectivity index (χ1) is 10.9. The zero-order chi connectivity index (χ0) is 15.2. The summed E-state index contributed by atoms with van der Waals surface area (Å²) in [6.07, 6.45) is 1.77. The molecule has 0 aliphatic heterocycles. The molecular weight excluding hydrogens is 280 g/mol. The molecular formula is C16H16N4O2. The molecule has 0 saturated carbocycles. The molecule has 0 saturated heterocycles. The lowest BCUT2D eigenvalue weighted by atomic mass is 10.2. The van der Waals surface area contributed by atoms with Crippen molar-refractivity contribution in [2.24, 2.45) is 0 Å². The first kappa shape index (κ1) is 14.2. The van der Waals surface area contributed by atoms with Crippen LogP contribution in [0.3, 0.4) is 0 Å². The van der Waals surface area contributed by atoms with E-state index in [1.165, 1.54) is 0 Å². The maximum absolute atomic E-state index is 5.67. The van der Waals surface area contributed by atoms with Crippen LogP contribution in [-0.2, 0) is 13.1 Å². The number of para-hydroxylation sites is 1. The Balaban J connectivity index is 1.64. The molecule has 112 valence electrons. The van der Waals surface area contributed by atoms with Crippen LogP contribution in [0.25, 0.3) is 11.5 Å². The van der Waals surface area contributed by atoms with Crippen molar-refractivity contribution >= 4 is 0 Å². The highest BCUT2D eigenvalue weighted by Gasteiger charge is 2.12. The van der Waals surface area contributed by atoms with Gasteiger partial charge in [0.1, 0.15) is 5.75 Å². The Bertz CT molecular complexity index is 728. The fourth-order valence-corrected chi connectivity index (χ4v) is 2.06. The van der Waals surface area contributed by atoms with Gasteiger partial charge in [0.15, 0.2) is 0 Å². The molecule has 22 heavy (non-hydrogen) atoms. The lowest BCUT2D eigenvalue weighted by Crippen LogP contribution is -2.13. The number of hydrogen-bond donors (Lipinski definition) is 1. The van der Waals surface area contributed by atoms with Crippen LogP contribution in [-0.4, -0.2) is 22.3 Å². The lowest BCUT2D eigenvalue weighted by Gasteiger charge is -2.03. The number of nitrogens with zero attached hydrogens (tertiary/aromatic N) is 3. The summed E-state index contributed by atoms with van der Waals surface area (Å²) in [5.41, 5.74) is 1.75. The molecule has 3 rings (SSSR count). The van der Waals surface area contributed by atoms with Crippen molar-refractivity contribution in [2.45, 2.75) is 13.1 Å². The van der Waals surface area contributed by atoms with Crippen molar-refractivity contribution in [3.63, 3.8) is 0 Å². The minimum absolute atomic E-state index is 0.451. The van der Waals surface area contributed by atoms with E-state index >= 15 is 0 Å². The zero-order valence-corrected chi connectivity index (χ0v) is 12.2. The third-order valence-corrected chi connectivity index (χ3v) is 3.11. The molecule has 0 spiro atoms. The van der Waals surface area contributed by atoms with E-state index in [0.29, 0.717) is 30.6 Å². The molecule has 3 aromatic rings. The van der Waals surface area contributed by atoms with Crippen LogP contribution in [0.4, 0.5) is 0 Å². The van der Waals surface area contributed by atoms with E-state index in [2.05, 4.69) is 20.5 Å². The SMILES string of the molecule is COc1ccccc1-c1nnc(CNCc2ccccn2)o1. The van der Waals surface area contributed by atoms with Gasteiger partial charge in [-0.1, -0.05) is 18.2 Å². The highest BCUT2D eigenvalue weighted by atomic mass is 16.5. The predicted octanol–water partition coefficient (Wildman–Crippen LogP) is 2.43. The zero-order valence-electron chi connectivity index (χ0n) is 12.2. The van der Waals surface area contributed by atoms with Gasteiger partial charge >= 0.3 is 0 Å². The van der Waals surface area contributed by atoms with E-state index in [4.69, 9.17) is 9.15 Å². The van der Waals surface area contributed by atoms with Crippen LogP contribution < -0.4 is 10.1 Å². The van der Waals surface area contributed by atoms with Gasteiger partial charge in [-0.25, -0.2) is 0 Å². The Morgan fingerprint density at radius 3 is 2.73 bits per heavy atom. The van der Waals surface area contributed by atoms with Crippen molar-refractivity contribution < 1.29 is 9.15 Å². The van der Waals surface area contributed by atoms with Gasteiger partial charge in [-0.3, -0.25) is 4.98 Å². The Morgan fingerprint density at radius 2 is 1.91 bits per heavy atom. The number of hydrogen-bond acceptors (Lipinski definition) is 6. The molecule has 0 aliphatic rings. The second-order valence-electron chi connectivity index (χ2n) is 4.63. The topological polar surface area (TPSA) is 73.1 Å². The molecule has 6 heteroatoms. The summed E-state index contributed by atoms with van der Waals surface area (Å²) < 4.78 is 11.0. The van der Waals surface area contributed by atoms with E-state index in [-0.39, 0.29) is 0 Å². The van der Waals surface area contributed by atoms with Crippen LogP contribution in [0.5, 0.6) is 5.75 Å². The Hall–Kier alpha value is -2.73. The minimum atomic E-state index is 0.451. The molecule has 0 fully saturated rings. The van der Waals surface area contributed by atoms with E-state index in [1.54, 1.807) is 13.3 Å². The van der Waals surface area contributed by atoms with Crippen molar-refractivity contribution in [2.75, 3.05) is 7.11 Å². The Labute approximate surface area is 128 Å². The van der Waals surface area contributed by atoms with E-state index in [9.17, 15) is 0 Å². The lowest BCUT2D eigenvalue weighted by molar-refractivity contribution is 0.413. The number of benzene rings is 1. The van der Waals surface area contributed by atoms with E-state index in [0.717, 1.165) is 11.3 Å². The average molecular weight is 296 g/mol. The standard InChI is InChI=1S/C16H16N4O2/c1-21-14-8-3-2-7-13(14)16-20-19-15(22-16)11-17-10-12-6-4-5-9-18-12/h2-9,17H,10-11H2,1H3. The molecule has 0 atom stereocenters. The predicted molar refractivity (Wildman–Crippen MR) is 81.1 cm³/mol. The minimum Gasteiger partial charge on any atom is -0.496 e. The summed E-state index contributed by atoms with van der Waals surface area (Å²) in [6.45, 7) is 1.13. The number of methoxy groups -OCH3 is 1. The second kappa shape index (κ2) is 6.82. The molecule has 0 radical (unpaired) electrons. The van der Waals surface area contributed by atoms with Gasteiger partial charge < -0.3 is 14.5 Å². The molecule has 0 unspecified atom stereocenters. The molecule has 0 bridgehead atoms. The first-order valence-corrected chi connectivity index (χ1v) is 6.93. The van der Waals surface area contributed by atoms with Gasteiger partial charge in [0.25, 0.3) is 5.89 Å².